The third-order valence-corrected chi connectivity index (χ3v) is 3.60. The number of aliphatic carboxylic acids is 1. The van der Waals surface area contributed by atoms with E-state index in [2.05, 4.69) is 0 Å². The van der Waals surface area contributed by atoms with Gasteiger partial charge in [-0.1, -0.05) is 37.6 Å². The first-order valence-corrected chi connectivity index (χ1v) is 8.36. The molecule has 144 valence electrons. The summed E-state index contributed by atoms with van der Waals surface area (Å²) in [4.78, 5) is 34.4. The van der Waals surface area contributed by atoms with Gasteiger partial charge in [-0.25, -0.2) is 14.4 Å². The van der Waals surface area contributed by atoms with Crippen molar-refractivity contribution in [1.29, 1.82) is 0 Å². The van der Waals surface area contributed by atoms with Crippen LogP contribution in [0.2, 0.25) is 0 Å². The number of hydrogen-bond acceptors (Lipinski definition) is 7. The molecule has 8 nitrogen and oxygen atoms in total. The Morgan fingerprint density at radius 1 is 1.31 bits per heavy atom. The number of ether oxygens (including phenoxy) is 2. The molecule has 26 heavy (non-hydrogen) atoms. The molecule has 0 amide bonds. The van der Waals surface area contributed by atoms with E-state index in [1.54, 1.807) is 6.08 Å². The Bertz CT molecular complexity index is 578. The summed E-state index contributed by atoms with van der Waals surface area (Å²) in [5.74, 6) is -2.78. The number of hydrogen-bond donors (Lipinski definition) is 3. The molecule has 0 bridgehead atoms. The fourth-order valence-electron chi connectivity index (χ4n) is 2.30. The van der Waals surface area contributed by atoms with E-state index in [0.717, 1.165) is 18.2 Å². The van der Waals surface area contributed by atoms with Crippen LogP contribution in [0, 0.1) is 0 Å². The van der Waals surface area contributed by atoms with E-state index < -0.39 is 42.3 Å². The normalized spacial score (nSPS) is 28.7. The van der Waals surface area contributed by atoms with E-state index >= 15 is 0 Å². The van der Waals surface area contributed by atoms with E-state index in [9.17, 15) is 24.6 Å². The number of carbonyl (C=O) groups is 3. The minimum absolute atomic E-state index is 0.154. The molecule has 3 N–H and O–H groups in total. The van der Waals surface area contributed by atoms with Gasteiger partial charge in [0.2, 0.25) is 0 Å². The predicted molar refractivity (Wildman–Crippen MR) is 91.0 cm³/mol. The first-order valence-electron chi connectivity index (χ1n) is 8.36. The number of cyclic esters (lactones) is 1. The summed E-state index contributed by atoms with van der Waals surface area (Å²) in [6.45, 7) is 1.84. The molecule has 0 fully saturated rings. The van der Waals surface area contributed by atoms with Crippen LogP contribution in [-0.2, 0) is 23.9 Å². The molecule has 0 aromatic rings. The van der Waals surface area contributed by atoms with Crippen LogP contribution in [0.5, 0.6) is 0 Å². The summed E-state index contributed by atoms with van der Waals surface area (Å²) in [6, 6.07) is 0. The maximum Gasteiger partial charge on any atom is 0.347 e. The summed E-state index contributed by atoms with van der Waals surface area (Å²) < 4.78 is 10.3. The van der Waals surface area contributed by atoms with Crippen LogP contribution in [0.25, 0.3) is 0 Å². The molecule has 0 aliphatic carbocycles. The topological polar surface area (TPSA) is 130 Å². The number of esters is 2. The van der Waals surface area contributed by atoms with Crippen molar-refractivity contribution in [2.45, 2.75) is 57.0 Å². The van der Waals surface area contributed by atoms with Gasteiger partial charge < -0.3 is 24.8 Å². The number of aliphatic hydroxyl groups excluding tert-OH is 2. The predicted octanol–water partition coefficient (Wildman–Crippen LogP) is 0.879. The van der Waals surface area contributed by atoms with Crippen LogP contribution in [0.15, 0.2) is 36.5 Å². The number of aliphatic hydroxyl groups is 2. The van der Waals surface area contributed by atoms with Crippen LogP contribution < -0.4 is 0 Å². The lowest BCUT2D eigenvalue weighted by atomic mass is 10.0. The van der Waals surface area contributed by atoms with Crippen molar-refractivity contribution in [2.75, 3.05) is 0 Å². The molecule has 0 saturated carbocycles. The van der Waals surface area contributed by atoms with Crippen LogP contribution in [0.4, 0.5) is 0 Å². The zero-order valence-corrected chi connectivity index (χ0v) is 14.5. The molecule has 8 heteroatoms. The molecule has 4 atom stereocenters. The standard InChI is InChI=1S/C18H24O8/c1-2-7-13-17(23)12(19)8-3-4-9-14(18(24)26-13)25-16(22)11-6-5-10-15(20)21/h3,5-6,8,10-14,17,19,23H,2,4,7,9H2,1H3,(H,20,21)/b8-3+,10-5+,11-6+/t12-,13+,14+,17+/m1/s1. The van der Waals surface area contributed by atoms with E-state index in [1.807, 2.05) is 6.92 Å². The van der Waals surface area contributed by atoms with Crippen LogP contribution >= 0.6 is 0 Å². The van der Waals surface area contributed by atoms with E-state index in [4.69, 9.17) is 14.6 Å². The van der Waals surface area contributed by atoms with Gasteiger partial charge in [-0.3, -0.25) is 0 Å². The molecular weight excluding hydrogens is 344 g/mol. The minimum atomic E-state index is -1.27. The van der Waals surface area contributed by atoms with Crippen molar-refractivity contribution in [1.82, 2.24) is 0 Å². The second kappa shape index (κ2) is 11.2. The lowest BCUT2D eigenvalue weighted by Gasteiger charge is -2.27. The van der Waals surface area contributed by atoms with Gasteiger partial charge in [-0.05, 0) is 19.3 Å². The summed E-state index contributed by atoms with van der Waals surface area (Å²) >= 11 is 0. The van der Waals surface area contributed by atoms with Gasteiger partial charge in [0, 0.05) is 12.2 Å². The average molecular weight is 368 g/mol. The maximum absolute atomic E-state index is 12.3. The van der Waals surface area contributed by atoms with Gasteiger partial charge in [0.25, 0.3) is 0 Å². The molecule has 1 rings (SSSR count). The maximum atomic E-state index is 12.3. The monoisotopic (exact) mass is 368 g/mol. The Hall–Kier alpha value is -2.45. The van der Waals surface area contributed by atoms with E-state index in [0.29, 0.717) is 19.3 Å². The summed E-state index contributed by atoms with van der Waals surface area (Å²) in [5, 5.41) is 28.4. The number of carbonyl (C=O) groups excluding carboxylic acids is 2. The highest BCUT2D eigenvalue weighted by molar-refractivity contribution is 5.86. The highest BCUT2D eigenvalue weighted by Crippen LogP contribution is 2.17. The van der Waals surface area contributed by atoms with Gasteiger partial charge in [-0.2, -0.15) is 0 Å². The van der Waals surface area contributed by atoms with Gasteiger partial charge in [0.1, 0.15) is 18.3 Å². The van der Waals surface area contributed by atoms with Gasteiger partial charge >= 0.3 is 17.9 Å². The second-order valence-electron chi connectivity index (χ2n) is 5.73. The van der Waals surface area contributed by atoms with Crippen molar-refractivity contribution in [3.63, 3.8) is 0 Å². The minimum Gasteiger partial charge on any atom is -0.478 e. The van der Waals surface area contributed by atoms with Gasteiger partial charge in [-0.15, -0.1) is 0 Å². The number of rotatable bonds is 6. The van der Waals surface area contributed by atoms with Crippen LogP contribution in [-0.4, -0.2) is 57.6 Å². The van der Waals surface area contributed by atoms with Crippen molar-refractivity contribution in [3.05, 3.63) is 36.5 Å². The first-order chi connectivity index (χ1) is 12.3. The van der Waals surface area contributed by atoms with Crippen molar-refractivity contribution in [3.8, 4) is 0 Å². The summed E-state index contributed by atoms with van der Waals surface area (Å²) in [5.41, 5.74) is 0. The molecule has 1 aliphatic heterocycles. The molecular formula is C18H24O8. The highest BCUT2D eigenvalue weighted by atomic mass is 16.6. The third kappa shape index (κ3) is 7.62. The number of allylic oxidation sites excluding steroid dienone is 3. The van der Waals surface area contributed by atoms with E-state index in [1.165, 1.54) is 12.2 Å². The number of carboxylic acid groups (broad SMARTS) is 1. The van der Waals surface area contributed by atoms with Gasteiger partial charge in [0.15, 0.2) is 6.10 Å². The lowest BCUT2D eigenvalue weighted by molar-refractivity contribution is -0.176. The van der Waals surface area contributed by atoms with Crippen LogP contribution in [0.1, 0.15) is 32.6 Å². The molecule has 0 saturated heterocycles. The molecule has 0 aromatic carbocycles. The zero-order valence-electron chi connectivity index (χ0n) is 14.5. The molecule has 0 spiro atoms. The Morgan fingerprint density at radius 3 is 2.65 bits per heavy atom. The van der Waals surface area contributed by atoms with Crippen molar-refractivity contribution < 1.29 is 39.2 Å². The largest absolute Gasteiger partial charge is 0.478 e. The average Bonchev–Trinajstić information content (AvgIpc) is 2.59. The fourth-order valence-corrected chi connectivity index (χ4v) is 2.30. The SMILES string of the molecule is CCC[C@@H]1OC(=O)[C@@H](OC(=O)/C=C/C=C/C(=O)O)CC/C=C/[C@@H](O)[C@@H]1O. The van der Waals surface area contributed by atoms with E-state index in [-0.39, 0.29) is 6.42 Å². The first kappa shape index (κ1) is 21.6. The highest BCUT2D eigenvalue weighted by Gasteiger charge is 2.32. The lowest BCUT2D eigenvalue weighted by Crippen LogP contribution is -2.42. The Balaban J connectivity index is 2.80. The smallest absolute Gasteiger partial charge is 0.347 e. The summed E-state index contributed by atoms with van der Waals surface area (Å²) in [6.07, 6.45) is 4.12. The quantitative estimate of drug-likeness (QED) is 0.273. The zero-order chi connectivity index (χ0) is 19.5. The molecule has 1 aliphatic rings. The third-order valence-electron chi connectivity index (χ3n) is 3.60. The molecule has 1 heterocycles. The second-order valence-corrected chi connectivity index (χ2v) is 5.73. The fraction of sp³-hybridized carbons (Fsp3) is 0.500. The van der Waals surface area contributed by atoms with Crippen molar-refractivity contribution in [2.24, 2.45) is 0 Å². The summed E-state index contributed by atoms with van der Waals surface area (Å²) in [7, 11) is 0. The van der Waals surface area contributed by atoms with Gasteiger partial charge in [0.05, 0.1) is 0 Å². The molecule has 0 unspecified atom stereocenters. The molecule has 0 aromatic heterocycles. The Morgan fingerprint density at radius 2 is 2.00 bits per heavy atom. The number of carboxylic acids is 1. The van der Waals surface area contributed by atoms with Crippen molar-refractivity contribution >= 4 is 17.9 Å². The molecule has 0 radical (unpaired) electrons. The Labute approximate surface area is 151 Å². The van der Waals surface area contributed by atoms with Crippen LogP contribution in [0.3, 0.4) is 0 Å². The Kier molecular flexibility index (Phi) is 9.32.